The Bertz CT molecular complexity index is 1040. The maximum atomic E-state index is 5.75. The molecule has 2 aromatic heterocycles. The number of rotatable bonds is 6. The zero-order valence-electron chi connectivity index (χ0n) is 21.2. The molecule has 4 N–H and O–H groups in total. The first-order valence-corrected chi connectivity index (χ1v) is 12.1. The Morgan fingerprint density at radius 3 is 1.08 bits per heavy atom. The zero-order chi connectivity index (χ0) is 26.8. The number of benzene rings is 2. The van der Waals surface area contributed by atoms with Crippen LogP contribution in [0.5, 0.6) is 0 Å². The number of nitrogens with one attached hydrogen (secondary N) is 4. The van der Waals surface area contributed by atoms with Crippen molar-refractivity contribution in [3.05, 3.63) is 71.2 Å². The standard InChI is InChI=1S/2C10H10ClN5.2C2H6.CH4/c2*1-12-9-14-8(11)15-10(16-9)13-7-5-3-2-4-6-7;2*1-2;/h2*2-6H,1H3,(H2,12,13,14,15,16);2*1-2H3;1H4. The Hall–Kier alpha value is -3.76. The lowest BCUT2D eigenvalue weighted by Crippen LogP contribution is -2.03. The molecule has 0 atom stereocenters. The zero-order valence-corrected chi connectivity index (χ0v) is 22.7. The summed E-state index contributed by atoms with van der Waals surface area (Å²) in [5.41, 5.74) is 1.79. The molecule has 0 saturated carbocycles. The van der Waals surface area contributed by atoms with Crippen LogP contribution in [-0.2, 0) is 0 Å². The predicted molar refractivity (Wildman–Crippen MR) is 158 cm³/mol. The minimum Gasteiger partial charge on any atom is -0.357 e. The summed E-state index contributed by atoms with van der Waals surface area (Å²) in [6.07, 6.45) is 0. The van der Waals surface area contributed by atoms with Gasteiger partial charge in [0, 0.05) is 25.5 Å². The van der Waals surface area contributed by atoms with Crippen LogP contribution >= 0.6 is 23.2 Å². The summed E-state index contributed by atoms with van der Waals surface area (Å²) in [4.78, 5) is 23.9. The van der Waals surface area contributed by atoms with Crippen LogP contribution in [0.3, 0.4) is 0 Å². The molecular formula is C25H36Cl2N10. The molecule has 0 bridgehead atoms. The van der Waals surface area contributed by atoms with E-state index in [0.29, 0.717) is 23.8 Å². The van der Waals surface area contributed by atoms with E-state index >= 15 is 0 Å². The van der Waals surface area contributed by atoms with Crippen molar-refractivity contribution < 1.29 is 0 Å². The molecule has 0 spiro atoms. The van der Waals surface area contributed by atoms with E-state index in [4.69, 9.17) is 23.2 Å². The van der Waals surface area contributed by atoms with Crippen LogP contribution in [-0.4, -0.2) is 44.0 Å². The largest absolute Gasteiger partial charge is 0.357 e. The summed E-state index contributed by atoms with van der Waals surface area (Å²) in [7, 11) is 3.44. The third-order valence-corrected chi connectivity index (χ3v) is 4.06. The molecule has 2 aromatic carbocycles. The molecular weight excluding hydrogens is 511 g/mol. The summed E-state index contributed by atoms with van der Waals surface area (Å²) in [6, 6.07) is 19.2. The lowest BCUT2D eigenvalue weighted by molar-refractivity contribution is 1.05. The number of hydrogen-bond acceptors (Lipinski definition) is 10. The average Bonchev–Trinajstić information content (AvgIpc) is 2.92. The van der Waals surface area contributed by atoms with Gasteiger partial charge in [0.05, 0.1) is 0 Å². The summed E-state index contributed by atoms with van der Waals surface area (Å²) < 4.78 is 0. The first-order chi connectivity index (χ1) is 17.6. The lowest BCUT2D eigenvalue weighted by atomic mass is 10.3. The molecule has 12 heteroatoms. The topological polar surface area (TPSA) is 125 Å². The average molecular weight is 548 g/mol. The highest BCUT2D eigenvalue weighted by atomic mass is 35.5. The van der Waals surface area contributed by atoms with Crippen LogP contribution < -0.4 is 21.3 Å². The molecule has 0 fully saturated rings. The van der Waals surface area contributed by atoms with Gasteiger partial charge < -0.3 is 21.3 Å². The Balaban J connectivity index is 0.000000603. The molecule has 200 valence electrons. The minimum atomic E-state index is 0. The second-order valence-electron chi connectivity index (χ2n) is 5.99. The van der Waals surface area contributed by atoms with E-state index in [9.17, 15) is 0 Å². The summed E-state index contributed by atoms with van der Waals surface area (Å²) in [5, 5.41) is 12.0. The Morgan fingerprint density at radius 1 is 0.486 bits per heavy atom. The molecule has 0 unspecified atom stereocenters. The quantitative estimate of drug-likeness (QED) is 0.195. The lowest BCUT2D eigenvalue weighted by Gasteiger charge is -2.05. The van der Waals surface area contributed by atoms with Gasteiger partial charge in [0.25, 0.3) is 0 Å². The van der Waals surface area contributed by atoms with E-state index in [1.165, 1.54) is 0 Å². The van der Waals surface area contributed by atoms with E-state index in [-0.39, 0.29) is 18.0 Å². The van der Waals surface area contributed by atoms with Gasteiger partial charge in [-0.1, -0.05) is 71.5 Å². The second kappa shape index (κ2) is 19.4. The number of para-hydroxylation sites is 2. The molecule has 0 saturated heterocycles. The van der Waals surface area contributed by atoms with Gasteiger partial charge >= 0.3 is 0 Å². The molecule has 4 rings (SSSR count). The van der Waals surface area contributed by atoms with Gasteiger partial charge in [-0.3, -0.25) is 0 Å². The number of hydrogen-bond donors (Lipinski definition) is 4. The summed E-state index contributed by atoms with van der Waals surface area (Å²) in [6.45, 7) is 8.00. The van der Waals surface area contributed by atoms with Crippen molar-refractivity contribution >= 4 is 58.4 Å². The smallest absolute Gasteiger partial charge is 0.233 e. The minimum absolute atomic E-state index is 0. The van der Waals surface area contributed by atoms with Crippen molar-refractivity contribution in [1.82, 2.24) is 29.9 Å². The first-order valence-electron chi connectivity index (χ1n) is 11.4. The van der Waals surface area contributed by atoms with Crippen molar-refractivity contribution in [3.8, 4) is 0 Å². The number of halogens is 2. The maximum absolute atomic E-state index is 5.75. The van der Waals surface area contributed by atoms with Crippen LogP contribution in [0, 0.1) is 0 Å². The fraction of sp³-hybridized carbons (Fsp3) is 0.280. The second-order valence-corrected chi connectivity index (χ2v) is 6.66. The van der Waals surface area contributed by atoms with Gasteiger partial charge in [0.1, 0.15) is 0 Å². The van der Waals surface area contributed by atoms with Crippen molar-refractivity contribution in [2.24, 2.45) is 0 Å². The Kier molecular flexibility index (Phi) is 17.5. The van der Waals surface area contributed by atoms with Crippen molar-refractivity contribution in [3.63, 3.8) is 0 Å². The molecule has 2 heterocycles. The molecule has 0 aliphatic rings. The fourth-order valence-electron chi connectivity index (χ4n) is 2.34. The Morgan fingerprint density at radius 2 is 0.784 bits per heavy atom. The number of nitrogens with zero attached hydrogens (tertiary/aromatic N) is 6. The van der Waals surface area contributed by atoms with Gasteiger partial charge in [0.2, 0.25) is 34.4 Å². The van der Waals surface area contributed by atoms with Crippen LogP contribution in [0.4, 0.5) is 35.2 Å². The van der Waals surface area contributed by atoms with Crippen LogP contribution in [0.25, 0.3) is 0 Å². The van der Waals surface area contributed by atoms with E-state index in [2.05, 4.69) is 51.2 Å². The molecule has 0 aliphatic carbocycles. The van der Waals surface area contributed by atoms with Crippen LogP contribution in [0.15, 0.2) is 60.7 Å². The third-order valence-electron chi connectivity index (χ3n) is 3.72. The molecule has 10 nitrogen and oxygen atoms in total. The highest BCUT2D eigenvalue weighted by Crippen LogP contribution is 2.16. The van der Waals surface area contributed by atoms with Gasteiger partial charge in [-0.15, -0.1) is 0 Å². The molecule has 0 amide bonds. The van der Waals surface area contributed by atoms with E-state index in [1.54, 1.807) is 14.1 Å². The number of aromatic nitrogens is 6. The van der Waals surface area contributed by atoms with Crippen molar-refractivity contribution in [2.45, 2.75) is 35.1 Å². The fourth-order valence-corrected chi connectivity index (χ4v) is 2.66. The SMILES string of the molecule is C.CC.CC.CNc1nc(Cl)nc(Nc2ccccc2)n1.CNc1nc(Cl)nc(Nc2ccccc2)n1. The monoisotopic (exact) mass is 546 g/mol. The van der Waals surface area contributed by atoms with Crippen molar-refractivity contribution in [2.75, 3.05) is 35.4 Å². The van der Waals surface area contributed by atoms with Gasteiger partial charge in [-0.05, 0) is 47.5 Å². The van der Waals surface area contributed by atoms with Gasteiger partial charge in [-0.2, -0.15) is 29.9 Å². The summed E-state index contributed by atoms with van der Waals surface area (Å²) >= 11 is 11.5. The molecule has 0 radical (unpaired) electrons. The normalized spacial score (nSPS) is 8.86. The maximum Gasteiger partial charge on any atom is 0.233 e. The molecule has 4 aromatic rings. The van der Waals surface area contributed by atoms with Crippen molar-refractivity contribution in [1.29, 1.82) is 0 Å². The first kappa shape index (κ1) is 33.2. The third kappa shape index (κ3) is 12.7. The van der Waals surface area contributed by atoms with Crippen LogP contribution in [0.2, 0.25) is 10.6 Å². The molecule has 37 heavy (non-hydrogen) atoms. The van der Waals surface area contributed by atoms with E-state index < -0.39 is 0 Å². The van der Waals surface area contributed by atoms with E-state index in [1.807, 2.05) is 88.4 Å². The van der Waals surface area contributed by atoms with E-state index in [0.717, 1.165) is 11.4 Å². The highest BCUT2D eigenvalue weighted by molar-refractivity contribution is 6.28. The summed E-state index contributed by atoms with van der Waals surface area (Å²) in [5.74, 6) is 1.68. The van der Waals surface area contributed by atoms with Gasteiger partial charge in [-0.25, -0.2) is 0 Å². The Labute approximate surface area is 229 Å². The molecule has 0 aliphatic heterocycles. The van der Waals surface area contributed by atoms with Crippen LogP contribution in [0.1, 0.15) is 35.1 Å². The number of anilines is 6. The van der Waals surface area contributed by atoms with Gasteiger partial charge in [0.15, 0.2) is 0 Å². The predicted octanol–water partition coefficient (Wildman–Crippen LogP) is 7.31. The highest BCUT2D eigenvalue weighted by Gasteiger charge is 2.04.